The first-order valence-corrected chi connectivity index (χ1v) is 7.20. The summed E-state index contributed by atoms with van der Waals surface area (Å²) in [4.78, 5) is 16.4. The normalized spacial score (nSPS) is 13.0. The highest BCUT2D eigenvalue weighted by Crippen LogP contribution is 2.35. The van der Waals surface area contributed by atoms with Crippen molar-refractivity contribution in [2.75, 3.05) is 0 Å². The van der Waals surface area contributed by atoms with Crippen LogP contribution >= 0.6 is 27.3 Å². The molecule has 0 aliphatic rings. The topological polar surface area (TPSA) is 46.0 Å². The third-order valence-electron chi connectivity index (χ3n) is 2.75. The maximum Gasteiger partial charge on any atom is 0.417 e. The second kappa shape index (κ2) is 4.40. The van der Waals surface area contributed by atoms with E-state index in [0.717, 1.165) is 11.1 Å². The molecule has 0 aliphatic carbocycles. The Morgan fingerprint density at radius 3 is 2.89 bits per heavy atom. The van der Waals surface area contributed by atoms with E-state index in [1.807, 2.05) is 18.2 Å². The molecule has 5 heteroatoms. The average Bonchev–Trinajstić information content (AvgIpc) is 2.92. The molecule has 0 bridgehead atoms. The Labute approximate surface area is 116 Å². The van der Waals surface area contributed by atoms with Crippen molar-refractivity contribution in [1.82, 2.24) is 4.98 Å². The van der Waals surface area contributed by atoms with Gasteiger partial charge in [0.05, 0.1) is 10.3 Å². The molecule has 0 aliphatic heterocycles. The molecule has 0 amide bonds. The van der Waals surface area contributed by atoms with Crippen LogP contribution in [0.3, 0.4) is 0 Å². The first-order valence-electron chi connectivity index (χ1n) is 5.46. The highest BCUT2D eigenvalue weighted by Gasteiger charge is 2.13. The molecule has 0 spiro atoms. The van der Waals surface area contributed by atoms with Gasteiger partial charge in [0.15, 0.2) is 5.58 Å². The molecule has 2 heterocycles. The molecule has 0 saturated carbocycles. The van der Waals surface area contributed by atoms with E-state index in [0.29, 0.717) is 5.58 Å². The minimum Gasteiger partial charge on any atom is -0.408 e. The molecule has 1 aromatic carbocycles. The number of aryl methyl sites for hydroxylation is 1. The van der Waals surface area contributed by atoms with E-state index in [9.17, 15) is 4.79 Å². The van der Waals surface area contributed by atoms with Crippen LogP contribution in [-0.2, 0) is 0 Å². The van der Waals surface area contributed by atoms with Crippen LogP contribution < -0.4 is 5.76 Å². The third-order valence-corrected chi connectivity index (χ3v) is 5.14. The molecule has 3 aromatic rings. The fourth-order valence-corrected chi connectivity index (χ4v) is 3.47. The summed E-state index contributed by atoms with van der Waals surface area (Å²) in [6, 6.07) is 9.95. The number of H-pyrrole nitrogens is 1. The van der Waals surface area contributed by atoms with Gasteiger partial charge in [-0.2, -0.15) is 0 Å². The number of thiophene rings is 1. The maximum atomic E-state index is 11.1. The molecule has 3 rings (SSSR count). The summed E-state index contributed by atoms with van der Waals surface area (Å²) in [5, 5.41) is 0. The number of halogens is 1. The maximum absolute atomic E-state index is 11.1. The zero-order valence-corrected chi connectivity index (χ0v) is 12.0. The van der Waals surface area contributed by atoms with Gasteiger partial charge in [0, 0.05) is 9.75 Å². The van der Waals surface area contributed by atoms with Crippen molar-refractivity contribution in [2.45, 2.75) is 11.8 Å². The minimum atomic E-state index is -0.416. The number of oxazole rings is 1. The van der Waals surface area contributed by atoms with E-state index in [1.165, 1.54) is 9.75 Å². The molecule has 1 N–H and O–H groups in total. The van der Waals surface area contributed by atoms with E-state index in [4.69, 9.17) is 4.42 Å². The molecule has 3 nitrogen and oxygen atoms in total. The summed E-state index contributed by atoms with van der Waals surface area (Å²) >= 11 is 5.43. The number of hydrogen-bond donors (Lipinski definition) is 1. The summed E-state index contributed by atoms with van der Waals surface area (Å²) < 4.78 is 5.07. The zero-order chi connectivity index (χ0) is 12.7. The van der Waals surface area contributed by atoms with E-state index in [2.05, 4.69) is 40.0 Å². The molecule has 18 heavy (non-hydrogen) atoms. The SMILES string of the molecule is Cc1ccc(C(Br)c2ccc3[nH]c(=O)oc3c2)s1. The summed E-state index contributed by atoms with van der Waals surface area (Å²) in [7, 11) is 0. The van der Waals surface area contributed by atoms with Crippen LogP contribution in [0.15, 0.2) is 39.5 Å². The van der Waals surface area contributed by atoms with Gasteiger partial charge in [-0.1, -0.05) is 22.0 Å². The monoisotopic (exact) mass is 323 g/mol. The number of hydrogen-bond acceptors (Lipinski definition) is 3. The highest BCUT2D eigenvalue weighted by atomic mass is 79.9. The number of aromatic amines is 1. The van der Waals surface area contributed by atoms with Gasteiger partial charge in [0.2, 0.25) is 0 Å². The summed E-state index contributed by atoms with van der Waals surface area (Å²) in [5.41, 5.74) is 2.40. The Morgan fingerprint density at radius 2 is 2.17 bits per heavy atom. The van der Waals surface area contributed by atoms with Crippen LogP contribution in [0.2, 0.25) is 0 Å². The predicted molar refractivity (Wildman–Crippen MR) is 76.7 cm³/mol. The number of aromatic nitrogens is 1. The Morgan fingerprint density at radius 1 is 1.33 bits per heavy atom. The molecule has 1 unspecified atom stereocenters. The molecule has 92 valence electrons. The van der Waals surface area contributed by atoms with Crippen LogP contribution in [0.25, 0.3) is 11.1 Å². The van der Waals surface area contributed by atoms with Gasteiger partial charge in [0.25, 0.3) is 0 Å². The minimum absolute atomic E-state index is 0.126. The van der Waals surface area contributed by atoms with Gasteiger partial charge in [-0.25, -0.2) is 4.79 Å². The van der Waals surface area contributed by atoms with Crippen LogP contribution in [0.4, 0.5) is 0 Å². The van der Waals surface area contributed by atoms with E-state index in [1.54, 1.807) is 11.3 Å². The first-order chi connectivity index (χ1) is 8.63. The van der Waals surface area contributed by atoms with E-state index in [-0.39, 0.29) is 4.83 Å². The van der Waals surface area contributed by atoms with Crippen molar-refractivity contribution >= 4 is 38.4 Å². The summed E-state index contributed by atoms with van der Waals surface area (Å²) in [6.45, 7) is 2.09. The van der Waals surface area contributed by atoms with Crippen LogP contribution in [0.5, 0.6) is 0 Å². The van der Waals surface area contributed by atoms with Crippen LogP contribution in [0, 0.1) is 6.92 Å². The lowest BCUT2D eigenvalue weighted by molar-refractivity contribution is 0.555. The molecule has 0 saturated heterocycles. The van der Waals surface area contributed by atoms with Gasteiger partial charge >= 0.3 is 5.76 Å². The van der Waals surface area contributed by atoms with Crippen molar-refractivity contribution in [2.24, 2.45) is 0 Å². The highest BCUT2D eigenvalue weighted by molar-refractivity contribution is 9.09. The van der Waals surface area contributed by atoms with Crippen LogP contribution in [-0.4, -0.2) is 4.98 Å². The number of fused-ring (bicyclic) bond motifs is 1. The first kappa shape index (κ1) is 11.7. The smallest absolute Gasteiger partial charge is 0.408 e. The fourth-order valence-electron chi connectivity index (χ4n) is 1.87. The number of nitrogens with one attached hydrogen (secondary N) is 1. The van der Waals surface area contributed by atoms with Crippen LogP contribution in [0.1, 0.15) is 20.1 Å². The van der Waals surface area contributed by atoms with E-state index < -0.39 is 5.76 Å². The Hall–Kier alpha value is -1.33. The van der Waals surface area contributed by atoms with Gasteiger partial charge in [-0.15, -0.1) is 11.3 Å². The van der Waals surface area contributed by atoms with Gasteiger partial charge in [-0.3, -0.25) is 4.98 Å². The number of alkyl halides is 1. The summed E-state index contributed by atoms with van der Waals surface area (Å²) in [6.07, 6.45) is 0. The Bertz CT molecular complexity index is 756. The van der Waals surface area contributed by atoms with Gasteiger partial charge in [0.1, 0.15) is 0 Å². The average molecular weight is 324 g/mol. The third kappa shape index (κ3) is 2.04. The standard InChI is InChI=1S/C13H10BrNO2S/c1-7-2-5-11(18-7)12(14)8-3-4-9-10(6-8)17-13(16)15-9/h2-6,12H,1H3,(H,15,16). The molecule has 0 radical (unpaired) electrons. The van der Waals surface area contributed by atoms with Crippen molar-refractivity contribution in [3.63, 3.8) is 0 Å². The Balaban J connectivity index is 2.05. The fraction of sp³-hybridized carbons (Fsp3) is 0.154. The Kier molecular flexibility index (Phi) is 2.87. The van der Waals surface area contributed by atoms with Crippen molar-refractivity contribution in [3.8, 4) is 0 Å². The quantitative estimate of drug-likeness (QED) is 0.725. The lowest BCUT2D eigenvalue weighted by Crippen LogP contribution is -1.92. The zero-order valence-electron chi connectivity index (χ0n) is 9.57. The van der Waals surface area contributed by atoms with Crippen molar-refractivity contribution < 1.29 is 4.42 Å². The van der Waals surface area contributed by atoms with Crippen molar-refractivity contribution in [1.29, 1.82) is 0 Å². The van der Waals surface area contributed by atoms with Gasteiger partial charge < -0.3 is 4.42 Å². The molecule has 0 fully saturated rings. The predicted octanol–water partition coefficient (Wildman–Crippen LogP) is 3.98. The molecular weight excluding hydrogens is 314 g/mol. The van der Waals surface area contributed by atoms with Gasteiger partial charge in [-0.05, 0) is 36.8 Å². The number of benzene rings is 1. The molecule has 2 aromatic heterocycles. The lowest BCUT2D eigenvalue weighted by atomic mass is 10.1. The number of rotatable bonds is 2. The second-order valence-corrected chi connectivity index (χ2v) is 6.32. The lowest BCUT2D eigenvalue weighted by Gasteiger charge is -2.07. The molecule has 1 atom stereocenters. The largest absolute Gasteiger partial charge is 0.417 e. The van der Waals surface area contributed by atoms with Crippen molar-refractivity contribution in [3.05, 3.63) is 56.2 Å². The second-order valence-electron chi connectivity index (χ2n) is 4.08. The molecular formula is C13H10BrNO2S. The van der Waals surface area contributed by atoms with E-state index >= 15 is 0 Å². The summed E-state index contributed by atoms with van der Waals surface area (Å²) in [5.74, 6) is -0.416.